The van der Waals surface area contributed by atoms with E-state index in [1.54, 1.807) is 30.3 Å². The zero-order valence-corrected chi connectivity index (χ0v) is 13.4. The summed E-state index contributed by atoms with van der Waals surface area (Å²) in [6.45, 7) is 2.61. The zero-order chi connectivity index (χ0) is 16.2. The smallest absolute Gasteiger partial charge is 0.263 e. The van der Waals surface area contributed by atoms with Crippen molar-refractivity contribution in [3.05, 3.63) is 48.2 Å². The van der Waals surface area contributed by atoms with E-state index in [1.807, 2.05) is 24.3 Å². The molecule has 2 aromatic rings. The first-order valence-corrected chi connectivity index (χ1v) is 7.80. The van der Waals surface area contributed by atoms with E-state index in [2.05, 4.69) is 11.9 Å². The lowest BCUT2D eigenvalue weighted by atomic mass is 10.1. The van der Waals surface area contributed by atoms with Crippen molar-refractivity contribution in [1.29, 1.82) is 0 Å². The standard InChI is InChI=1S/C18H20N2O3/c1-3-5-15-12-20(13-7-9-14(22-2)10-8-13)18(21)16-6-4-11-19-17(16)23-15/h4,6-11,15H,3,5,12H2,1-2H3. The minimum absolute atomic E-state index is 0.0674. The Bertz CT molecular complexity index is 685. The van der Waals surface area contributed by atoms with Crippen molar-refractivity contribution in [2.24, 2.45) is 0 Å². The van der Waals surface area contributed by atoms with Crippen molar-refractivity contribution in [3.8, 4) is 11.6 Å². The molecule has 1 aromatic heterocycles. The number of hydrogen-bond donors (Lipinski definition) is 0. The molecule has 1 aromatic carbocycles. The minimum atomic E-state index is -0.0862. The Balaban J connectivity index is 1.98. The molecule has 3 rings (SSSR count). The van der Waals surface area contributed by atoms with Gasteiger partial charge >= 0.3 is 0 Å². The lowest BCUT2D eigenvalue weighted by Crippen LogP contribution is -2.37. The Kier molecular flexibility index (Phi) is 4.46. The predicted octanol–water partition coefficient (Wildman–Crippen LogP) is 3.30. The van der Waals surface area contributed by atoms with E-state index in [-0.39, 0.29) is 12.0 Å². The summed E-state index contributed by atoms with van der Waals surface area (Å²) in [5.41, 5.74) is 1.33. The number of pyridine rings is 1. The zero-order valence-electron chi connectivity index (χ0n) is 13.4. The SMILES string of the molecule is CCCC1CN(c2ccc(OC)cc2)C(=O)c2cccnc2O1. The van der Waals surface area contributed by atoms with Crippen LogP contribution in [-0.4, -0.2) is 30.6 Å². The quantitative estimate of drug-likeness (QED) is 0.869. The second-order valence-electron chi connectivity index (χ2n) is 5.50. The highest BCUT2D eigenvalue weighted by Gasteiger charge is 2.30. The number of hydrogen-bond acceptors (Lipinski definition) is 4. The molecule has 1 atom stereocenters. The van der Waals surface area contributed by atoms with Crippen LogP contribution in [0.15, 0.2) is 42.6 Å². The summed E-state index contributed by atoms with van der Waals surface area (Å²) in [7, 11) is 1.62. The molecule has 0 aliphatic carbocycles. The van der Waals surface area contributed by atoms with Crippen LogP contribution < -0.4 is 14.4 Å². The molecule has 23 heavy (non-hydrogen) atoms. The third kappa shape index (κ3) is 3.13. The molecule has 0 spiro atoms. The Morgan fingerprint density at radius 2 is 2.09 bits per heavy atom. The van der Waals surface area contributed by atoms with Crippen LogP contribution in [-0.2, 0) is 0 Å². The molecule has 1 amide bonds. The molecule has 0 fully saturated rings. The molecule has 5 nitrogen and oxygen atoms in total. The molecule has 1 aliphatic heterocycles. The molecule has 0 bridgehead atoms. The molecule has 1 aliphatic rings. The normalized spacial score (nSPS) is 17.2. The number of benzene rings is 1. The highest BCUT2D eigenvalue weighted by Crippen LogP contribution is 2.28. The number of fused-ring (bicyclic) bond motifs is 1. The number of ether oxygens (including phenoxy) is 2. The molecular weight excluding hydrogens is 292 g/mol. The Morgan fingerprint density at radius 3 is 2.78 bits per heavy atom. The number of amides is 1. The van der Waals surface area contributed by atoms with Crippen molar-refractivity contribution < 1.29 is 14.3 Å². The summed E-state index contributed by atoms with van der Waals surface area (Å²) in [6, 6.07) is 11.0. The Labute approximate surface area is 135 Å². The average molecular weight is 312 g/mol. The van der Waals surface area contributed by atoms with E-state index in [9.17, 15) is 4.79 Å². The van der Waals surface area contributed by atoms with Gasteiger partial charge in [-0.2, -0.15) is 0 Å². The van der Waals surface area contributed by atoms with Crippen LogP contribution in [0.3, 0.4) is 0 Å². The van der Waals surface area contributed by atoms with Crippen molar-refractivity contribution >= 4 is 11.6 Å². The summed E-state index contributed by atoms with van der Waals surface area (Å²) in [5.74, 6) is 1.10. The van der Waals surface area contributed by atoms with Crippen LogP contribution in [0.1, 0.15) is 30.1 Å². The Hall–Kier alpha value is -2.56. The van der Waals surface area contributed by atoms with Gasteiger partial charge in [-0.15, -0.1) is 0 Å². The number of carbonyl (C=O) groups excluding carboxylic acids is 1. The van der Waals surface area contributed by atoms with Crippen molar-refractivity contribution in [2.45, 2.75) is 25.9 Å². The first-order chi connectivity index (χ1) is 11.2. The molecule has 0 saturated carbocycles. The second-order valence-corrected chi connectivity index (χ2v) is 5.50. The average Bonchev–Trinajstić information content (AvgIpc) is 2.73. The summed E-state index contributed by atoms with van der Waals surface area (Å²) >= 11 is 0. The fraction of sp³-hybridized carbons (Fsp3) is 0.333. The van der Waals surface area contributed by atoms with Gasteiger partial charge in [-0.3, -0.25) is 4.79 Å². The topological polar surface area (TPSA) is 51.7 Å². The van der Waals surface area contributed by atoms with Crippen molar-refractivity contribution in [2.75, 3.05) is 18.6 Å². The van der Waals surface area contributed by atoms with E-state index in [0.717, 1.165) is 24.3 Å². The number of rotatable bonds is 4. The number of nitrogens with zero attached hydrogens (tertiary/aromatic N) is 2. The van der Waals surface area contributed by atoms with Crippen molar-refractivity contribution in [3.63, 3.8) is 0 Å². The van der Waals surface area contributed by atoms with E-state index in [4.69, 9.17) is 9.47 Å². The maximum Gasteiger partial charge on any atom is 0.263 e. The summed E-state index contributed by atoms with van der Waals surface area (Å²) in [4.78, 5) is 18.9. The highest BCUT2D eigenvalue weighted by atomic mass is 16.5. The Morgan fingerprint density at radius 1 is 1.30 bits per heavy atom. The minimum Gasteiger partial charge on any atom is -0.497 e. The molecule has 1 unspecified atom stereocenters. The first-order valence-electron chi connectivity index (χ1n) is 7.80. The van der Waals surface area contributed by atoms with Gasteiger partial charge in [-0.25, -0.2) is 4.98 Å². The monoisotopic (exact) mass is 312 g/mol. The van der Waals surface area contributed by atoms with E-state index >= 15 is 0 Å². The molecule has 120 valence electrons. The van der Waals surface area contributed by atoms with Gasteiger partial charge in [0, 0.05) is 11.9 Å². The number of methoxy groups -OCH3 is 1. The van der Waals surface area contributed by atoms with Gasteiger partial charge in [0.1, 0.15) is 17.4 Å². The largest absolute Gasteiger partial charge is 0.497 e. The predicted molar refractivity (Wildman–Crippen MR) is 88.2 cm³/mol. The molecule has 0 radical (unpaired) electrons. The maximum absolute atomic E-state index is 12.9. The van der Waals surface area contributed by atoms with Crippen LogP contribution in [0.2, 0.25) is 0 Å². The fourth-order valence-corrected chi connectivity index (χ4v) is 2.73. The van der Waals surface area contributed by atoms with Gasteiger partial charge in [0.15, 0.2) is 0 Å². The summed E-state index contributed by atoms with van der Waals surface area (Å²) in [6.07, 6.45) is 3.44. The van der Waals surface area contributed by atoms with Crippen LogP contribution in [0.5, 0.6) is 11.6 Å². The van der Waals surface area contributed by atoms with E-state index in [0.29, 0.717) is 18.0 Å². The third-order valence-electron chi connectivity index (χ3n) is 3.91. The molecule has 2 heterocycles. The van der Waals surface area contributed by atoms with Crippen LogP contribution >= 0.6 is 0 Å². The van der Waals surface area contributed by atoms with Crippen LogP contribution in [0.4, 0.5) is 5.69 Å². The highest BCUT2D eigenvalue weighted by molar-refractivity contribution is 6.07. The molecular formula is C18H20N2O3. The van der Waals surface area contributed by atoms with Crippen LogP contribution in [0, 0.1) is 0 Å². The van der Waals surface area contributed by atoms with E-state index in [1.165, 1.54) is 0 Å². The summed E-state index contributed by atoms with van der Waals surface area (Å²) in [5, 5.41) is 0. The number of carbonyl (C=O) groups is 1. The third-order valence-corrected chi connectivity index (χ3v) is 3.91. The molecule has 0 N–H and O–H groups in total. The maximum atomic E-state index is 12.9. The molecule has 0 saturated heterocycles. The fourth-order valence-electron chi connectivity index (χ4n) is 2.73. The molecule has 5 heteroatoms. The number of anilines is 1. The summed E-state index contributed by atoms with van der Waals surface area (Å²) < 4.78 is 11.2. The van der Waals surface area contributed by atoms with Crippen molar-refractivity contribution in [1.82, 2.24) is 4.98 Å². The van der Waals surface area contributed by atoms with Gasteiger partial charge in [0.05, 0.1) is 13.7 Å². The van der Waals surface area contributed by atoms with E-state index < -0.39 is 0 Å². The van der Waals surface area contributed by atoms with Gasteiger partial charge in [0.2, 0.25) is 5.88 Å². The van der Waals surface area contributed by atoms with Crippen LogP contribution in [0.25, 0.3) is 0 Å². The number of aromatic nitrogens is 1. The van der Waals surface area contributed by atoms with Gasteiger partial charge in [-0.05, 0) is 42.8 Å². The van der Waals surface area contributed by atoms with Gasteiger partial charge < -0.3 is 14.4 Å². The van der Waals surface area contributed by atoms with Gasteiger partial charge in [0.25, 0.3) is 5.91 Å². The second kappa shape index (κ2) is 6.69. The van der Waals surface area contributed by atoms with Gasteiger partial charge in [-0.1, -0.05) is 13.3 Å². The lowest BCUT2D eigenvalue weighted by molar-refractivity contribution is 0.0986. The first kappa shape index (κ1) is 15.3. The lowest BCUT2D eigenvalue weighted by Gasteiger charge is -2.24.